The Kier molecular flexibility index (Phi) is 5.28. The quantitative estimate of drug-likeness (QED) is 0.787. The third-order valence-electron chi connectivity index (χ3n) is 4.23. The van der Waals surface area contributed by atoms with Crippen LogP contribution in [0.1, 0.15) is 29.2 Å². The molecule has 2 N–H and O–H groups in total. The average molecular weight is 385 g/mol. The largest absolute Gasteiger partial charge is 0.508 e. The normalized spacial score (nSPS) is 16.6. The Morgan fingerprint density at radius 2 is 1.96 bits per heavy atom. The highest BCUT2D eigenvalue weighted by molar-refractivity contribution is 6.34. The molecular formula is C20H17ClN2O4. The van der Waals surface area contributed by atoms with E-state index in [9.17, 15) is 14.7 Å². The molecule has 1 aliphatic heterocycles. The zero-order chi connectivity index (χ0) is 19.6. The van der Waals surface area contributed by atoms with E-state index in [1.807, 2.05) is 13.0 Å². The summed E-state index contributed by atoms with van der Waals surface area (Å²) < 4.78 is 0. The summed E-state index contributed by atoms with van der Waals surface area (Å²) in [5, 5.41) is 25.2. The van der Waals surface area contributed by atoms with Crippen molar-refractivity contribution >= 4 is 29.2 Å². The number of aryl methyl sites for hydroxylation is 1. The van der Waals surface area contributed by atoms with Crippen LogP contribution >= 0.6 is 11.6 Å². The molecule has 7 heteroatoms. The van der Waals surface area contributed by atoms with Crippen molar-refractivity contribution in [2.45, 2.75) is 19.4 Å². The standard InChI is InChI=1S/C20H17ClN2O4/c1-12-6-7-18(24)14(10-12)17-11-16(13-4-2-3-5-15(13)21)22-23(17)19(25)8-9-20(26)27/h2-10,17,24H,11H2,1H3,(H,26,27)/b9-8-/t17-/m0/s1. The number of hydrogen-bond donors (Lipinski definition) is 2. The number of hydrazone groups is 1. The molecule has 0 saturated heterocycles. The van der Waals surface area contributed by atoms with E-state index >= 15 is 0 Å². The van der Waals surface area contributed by atoms with E-state index in [0.29, 0.717) is 28.3 Å². The van der Waals surface area contributed by atoms with Gasteiger partial charge in [-0.05, 0) is 19.1 Å². The lowest BCUT2D eigenvalue weighted by atomic mass is 9.96. The van der Waals surface area contributed by atoms with Crippen LogP contribution in [0.15, 0.2) is 59.7 Å². The zero-order valence-electron chi connectivity index (χ0n) is 14.5. The number of rotatable bonds is 4. The van der Waals surface area contributed by atoms with Gasteiger partial charge in [-0.25, -0.2) is 9.80 Å². The summed E-state index contributed by atoms with van der Waals surface area (Å²) in [6, 6.07) is 11.7. The molecule has 0 radical (unpaired) electrons. The number of carbonyl (C=O) groups is 2. The molecule has 0 fully saturated rings. The molecule has 0 bridgehead atoms. The highest BCUT2D eigenvalue weighted by Crippen LogP contribution is 2.38. The predicted octanol–water partition coefficient (Wildman–Crippen LogP) is 3.67. The SMILES string of the molecule is Cc1ccc(O)c([C@@H]2CC(c3ccccc3Cl)=NN2C(=O)/C=C\C(=O)O)c1. The number of aromatic hydroxyl groups is 1. The van der Waals surface area contributed by atoms with E-state index in [1.54, 1.807) is 36.4 Å². The minimum atomic E-state index is -1.23. The lowest BCUT2D eigenvalue weighted by Gasteiger charge is -2.22. The smallest absolute Gasteiger partial charge is 0.328 e. The first kappa shape index (κ1) is 18.7. The highest BCUT2D eigenvalue weighted by Gasteiger charge is 2.34. The van der Waals surface area contributed by atoms with Gasteiger partial charge < -0.3 is 10.2 Å². The molecule has 0 aliphatic carbocycles. The maximum atomic E-state index is 12.5. The van der Waals surface area contributed by atoms with Gasteiger partial charge in [0.05, 0.1) is 11.8 Å². The van der Waals surface area contributed by atoms with E-state index in [4.69, 9.17) is 16.7 Å². The van der Waals surface area contributed by atoms with Gasteiger partial charge in [-0.1, -0.05) is 47.5 Å². The Hall–Kier alpha value is -3.12. The van der Waals surface area contributed by atoms with Crippen molar-refractivity contribution in [3.05, 3.63) is 76.3 Å². The van der Waals surface area contributed by atoms with Crippen LogP contribution in [-0.2, 0) is 9.59 Å². The highest BCUT2D eigenvalue weighted by atomic mass is 35.5. The molecule has 0 spiro atoms. The first-order chi connectivity index (χ1) is 12.9. The van der Waals surface area contributed by atoms with Crippen LogP contribution in [0, 0.1) is 6.92 Å². The zero-order valence-corrected chi connectivity index (χ0v) is 15.2. The molecule has 0 unspecified atom stereocenters. The summed E-state index contributed by atoms with van der Waals surface area (Å²) in [5.74, 6) is -1.78. The third-order valence-corrected chi connectivity index (χ3v) is 4.56. The van der Waals surface area contributed by atoms with Crippen LogP contribution in [0.4, 0.5) is 0 Å². The van der Waals surface area contributed by atoms with Crippen molar-refractivity contribution in [1.82, 2.24) is 5.01 Å². The number of halogens is 1. The Labute approximate surface area is 161 Å². The number of hydrogen-bond acceptors (Lipinski definition) is 4. The van der Waals surface area contributed by atoms with Gasteiger partial charge in [0, 0.05) is 34.7 Å². The van der Waals surface area contributed by atoms with Gasteiger partial charge in [-0.3, -0.25) is 4.79 Å². The molecule has 3 rings (SSSR count). The second kappa shape index (κ2) is 7.63. The summed E-state index contributed by atoms with van der Waals surface area (Å²) in [4.78, 5) is 23.3. The Bertz CT molecular complexity index is 968. The molecule has 138 valence electrons. The van der Waals surface area contributed by atoms with Gasteiger partial charge in [-0.2, -0.15) is 5.10 Å². The summed E-state index contributed by atoms with van der Waals surface area (Å²) in [5.41, 5.74) is 2.73. The Balaban J connectivity index is 2.04. The van der Waals surface area contributed by atoms with E-state index in [-0.39, 0.29) is 5.75 Å². The van der Waals surface area contributed by atoms with Crippen molar-refractivity contribution in [2.75, 3.05) is 0 Å². The third kappa shape index (κ3) is 4.01. The number of carboxylic acids is 1. The van der Waals surface area contributed by atoms with Crippen LogP contribution in [-0.4, -0.2) is 32.8 Å². The van der Waals surface area contributed by atoms with Gasteiger partial charge in [0.1, 0.15) is 5.75 Å². The predicted molar refractivity (Wildman–Crippen MR) is 102 cm³/mol. The number of carboxylic acid groups (broad SMARTS) is 1. The summed E-state index contributed by atoms with van der Waals surface area (Å²) in [6.45, 7) is 1.88. The summed E-state index contributed by atoms with van der Waals surface area (Å²) in [7, 11) is 0. The molecule has 2 aromatic carbocycles. The first-order valence-electron chi connectivity index (χ1n) is 8.23. The number of amides is 1. The molecule has 1 atom stereocenters. The molecule has 1 heterocycles. The number of phenols is 1. The molecular weight excluding hydrogens is 368 g/mol. The molecule has 1 amide bonds. The van der Waals surface area contributed by atoms with Gasteiger partial charge in [0.15, 0.2) is 0 Å². The van der Waals surface area contributed by atoms with E-state index in [1.165, 1.54) is 5.01 Å². The maximum absolute atomic E-state index is 12.5. The van der Waals surface area contributed by atoms with Crippen LogP contribution < -0.4 is 0 Å². The second-order valence-corrected chi connectivity index (χ2v) is 6.57. The van der Waals surface area contributed by atoms with Crippen molar-refractivity contribution in [3.8, 4) is 5.75 Å². The summed E-state index contributed by atoms with van der Waals surface area (Å²) >= 11 is 6.26. The van der Waals surface area contributed by atoms with Crippen LogP contribution in [0.2, 0.25) is 5.02 Å². The van der Waals surface area contributed by atoms with E-state index in [0.717, 1.165) is 17.7 Å². The van der Waals surface area contributed by atoms with Crippen molar-refractivity contribution in [1.29, 1.82) is 0 Å². The van der Waals surface area contributed by atoms with E-state index < -0.39 is 17.9 Å². The fourth-order valence-electron chi connectivity index (χ4n) is 2.97. The van der Waals surface area contributed by atoms with Crippen LogP contribution in [0.25, 0.3) is 0 Å². The van der Waals surface area contributed by atoms with Crippen molar-refractivity contribution < 1.29 is 19.8 Å². The Morgan fingerprint density at radius 1 is 1.22 bits per heavy atom. The number of carbonyl (C=O) groups excluding carboxylic acids is 1. The average Bonchev–Trinajstić information content (AvgIpc) is 3.07. The fourth-order valence-corrected chi connectivity index (χ4v) is 3.22. The van der Waals surface area contributed by atoms with Crippen molar-refractivity contribution in [2.24, 2.45) is 5.10 Å². The molecule has 6 nitrogen and oxygen atoms in total. The van der Waals surface area contributed by atoms with Gasteiger partial charge >= 0.3 is 5.97 Å². The number of nitrogens with zero attached hydrogens (tertiary/aromatic N) is 2. The van der Waals surface area contributed by atoms with Gasteiger partial charge in [0.2, 0.25) is 0 Å². The molecule has 1 aliphatic rings. The minimum absolute atomic E-state index is 0.0428. The number of benzene rings is 2. The molecule has 2 aromatic rings. The first-order valence-corrected chi connectivity index (χ1v) is 8.60. The lowest BCUT2D eigenvalue weighted by Crippen LogP contribution is -2.25. The van der Waals surface area contributed by atoms with Gasteiger partial charge in [-0.15, -0.1) is 0 Å². The van der Waals surface area contributed by atoms with Gasteiger partial charge in [0.25, 0.3) is 5.91 Å². The fraction of sp³-hybridized carbons (Fsp3) is 0.150. The molecule has 0 saturated carbocycles. The van der Waals surface area contributed by atoms with Crippen LogP contribution in [0.5, 0.6) is 5.75 Å². The maximum Gasteiger partial charge on any atom is 0.328 e. The van der Waals surface area contributed by atoms with Crippen molar-refractivity contribution in [3.63, 3.8) is 0 Å². The summed E-state index contributed by atoms with van der Waals surface area (Å²) in [6.07, 6.45) is 2.05. The Morgan fingerprint density at radius 3 is 2.67 bits per heavy atom. The number of phenolic OH excluding ortho intramolecular Hbond substituents is 1. The second-order valence-electron chi connectivity index (χ2n) is 6.16. The molecule has 27 heavy (non-hydrogen) atoms. The molecule has 0 aromatic heterocycles. The monoisotopic (exact) mass is 384 g/mol. The van der Waals surface area contributed by atoms with Crippen LogP contribution in [0.3, 0.4) is 0 Å². The number of aliphatic carboxylic acids is 1. The van der Waals surface area contributed by atoms with E-state index in [2.05, 4.69) is 5.10 Å². The lowest BCUT2D eigenvalue weighted by molar-refractivity contribution is -0.132. The topological polar surface area (TPSA) is 90.2 Å². The minimum Gasteiger partial charge on any atom is -0.508 e.